The largest absolute Gasteiger partial charge is 0.497 e. The highest BCUT2D eigenvalue weighted by atomic mass is 32.1. The van der Waals surface area contributed by atoms with Crippen LogP contribution in [0.25, 0.3) is 0 Å². The molecule has 2 rings (SSSR count). The highest BCUT2D eigenvalue weighted by molar-refractivity contribution is 7.09. The summed E-state index contributed by atoms with van der Waals surface area (Å²) >= 11 is 1.76. The van der Waals surface area contributed by atoms with Crippen LogP contribution in [-0.4, -0.2) is 13.2 Å². The predicted molar refractivity (Wildman–Crippen MR) is 72.7 cm³/mol. The fraction of sp³-hybridized carbons (Fsp3) is 0.286. The summed E-state index contributed by atoms with van der Waals surface area (Å²) in [6.07, 6.45) is 1.82. The molecular weight excluding hydrogens is 230 g/mol. The second kappa shape index (κ2) is 5.84. The third-order valence-corrected chi connectivity index (χ3v) is 3.57. The minimum Gasteiger partial charge on any atom is -0.497 e. The molecule has 0 radical (unpaired) electrons. The monoisotopic (exact) mass is 247 g/mol. The van der Waals surface area contributed by atoms with E-state index in [-0.39, 0.29) is 6.04 Å². The second-order valence-corrected chi connectivity index (χ2v) is 5.13. The predicted octanol–water partition coefficient (Wildman–Crippen LogP) is 2.87. The zero-order valence-electron chi connectivity index (χ0n) is 9.93. The molecule has 1 unspecified atom stereocenters. The summed E-state index contributed by atoms with van der Waals surface area (Å²) in [7, 11) is 1.69. The number of hydrogen-bond acceptors (Lipinski definition) is 3. The first-order chi connectivity index (χ1) is 8.28. The van der Waals surface area contributed by atoms with E-state index in [9.17, 15) is 0 Å². The molecule has 1 heterocycles. The Kier molecular flexibility index (Phi) is 4.18. The van der Waals surface area contributed by atoms with Gasteiger partial charge >= 0.3 is 0 Å². The van der Waals surface area contributed by atoms with Crippen molar-refractivity contribution in [2.75, 3.05) is 7.11 Å². The van der Waals surface area contributed by atoms with E-state index in [0.717, 1.165) is 18.6 Å². The summed E-state index contributed by atoms with van der Waals surface area (Å²) in [6, 6.07) is 12.5. The maximum Gasteiger partial charge on any atom is 0.119 e. The Labute approximate surface area is 106 Å². The Morgan fingerprint density at radius 3 is 2.82 bits per heavy atom. The summed E-state index contributed by atoms with van der Waals surface area (Å²) in [4.78, 5) is 1.35. The third-order valence-electron chi connectivity index (χ3n) is 2.68. The molecule has 0 aliphatic carbocycles. The number of thiophene rings is 1. The van der Waals surface area contributed by atoms with Gasteiger partial charge in [0.15, 0.2) is 0 Å². The molecule has 3 heteroatoms. The van der Waals surface area contributed by atoms with E-state index in [4.69, 9.17) is 10.5 Å². The Bertz CT molecular complexity index is 453. The molecule has 0 saturated carbocycles. The maximum atomic E-state index is 6.15. The van der Waals surface area contributed by atoms with Gasteiger partial charge in [-0.25, -0.2) is 0 Å². The van der Waals surface area contributed by atoms with Crippen molar-refractivity contribution in [3.05, 3.63) is 52.2 Å². The molecule has 1 aromatic heterocycles. The number of hydrogen-bond donors (Lipinski definition) is 1. The molecule has 0 aliphatic rings. The molecule has 0 aliphatic heterocycles. The highest BCUT2D eigenvalue weighted by Gasteiger charge is 2.06. The molecule has 2 nitrogen and oxygen atoms in total. The van der Waals surface area contributed by atoms with E-state index in [1.807, 2.05) is 18.2 Å². The first-order valence-corrected chi connectivity index (χ1v) is 6.57. The van der Waals surface area contributed by atoms with Crippen LogP contribution in [0.5, 0.6) is 5.75 Å². The lowest BCUT2D eigenvalue weighted by Gasteiger charge is -2.11. The standard InChI is InChI=1S/C14H17NOS/c1-16-13-5-2-4-11(9-13)8-12(15)10-14-6-3-7-17-14/h2-7,9,12H,8,10,15H2,1H3. The zero-order chi connectivity index (χ0) is 12.1. The average molecular weight is 247 g/mol. The van der Waals surface area contributed by atoms with Gasteiger partial charge in [0.1, 0.15) is 5.75 Å². The van der Waals surface area contributed by atoms with Crippen molar-refractivity contribution >= 4 is 11.3 Å². The summed E-state index contributed by atoms with van der Waals surface area (Å²) in [5.41, 5.74) is 7.38. The molecule has 17 heavy (non-hydrogen) atoms. The van der Waals surface area contributed by atoms with Gasteiger partial charge in [-0.2, -0.15) is 0 Å². The lowest BCUT2D eigenvalue weighted by atomic mass is 10.0. The Morgan fingerprint density at radius 2 is 2.12 bits per heavy atom. The van der Waals surface area contributed by atoms with Gasteiger partial charge in [-0.3, -0.25) is 0 Å². The minimum atomic E-state index is 0.167. The summed E-state index contributed by atoms with van der Waals surface area (Å²) in [5, 5.41) is 2.09. The normalized spacial score (nSPS) is 12.4. The van der Waals surface area contributed by atoms with Crippen molar-refractivity contribution in [1.29, 1.82) is 0 Å². The fourth-order valence-corrected chi connectivity index (χ4v) is 2.66. The molecule has 0 fully saturated rings. The molecule has 1 aromatic carbocycles. The average Bonchev–Trinajstić information content (AvgIpc) is 2.82. The first-order valence-electron chi connectivity index (χ1n) is 5.69. The van der Waals surface area contributed by atoms with E-state index in [2.05, 4.69) is 23.6 Å². The van der Waals surface area contributed by atoms with Crippen LogP contribution in [0, 0.1) is 0 Å². The van der Waals surface area contributed by atoms with E-state index in [1.165, 1.54) is 10.4 Å². The smallest absolute Gasteiger partial charge is 0.119 e. The van der Waals surface area contributed by atoms with Crippen molar-refractivity contribution < 1.29 is 4.74 Å². The fourth-order valence-electron chi connectivity index (χ4n) is 1.86. The molecule has 1 atom stereocenters. The van der Waals surface area contributed by atoms with Crippen molar-refractivity contribution in [2.45, 2.75) is 18.9 Å². The molecular formula is C14H17NOS. The highest BCUT2D eigenvalue weighted by Crippen LogP contribution is 2.16. The number of nitrogens with two attached hydrogens (primary N) is 1. The number of ether oxygens (including phenoxy) is 1. The van der Waals surface area contributed by atoms with E-state index < -0.39 is 0 Å². The molecule has 2 N–H and O–H groups in total. The summed E-state index contributed by atoms with van der Waals surface area (Å²) in [5.74, 6) is 0.894. The Morgan fingerprint density at radius 1 is 1.24 bits per heavy atom. The van der Waals surface area contributed by atoms with Gasteiger partial charge in [-0.1, -0.05) is 18.2 Å². The summed E-state index contributed by atoms with van der Waals surface area (Å²) in [6.45, 7) is 0. The van der Waals surface area contributed by atoms with Gasteiger partial charge in [0, 0.05) is 10.9 Å². The van der Waals surface area contributed by atoms with Crippen LogP contribution < -0.4 is 10.5 Å². The van der Waals surface area contributed by atoms with Gasteiger partial charge in [0.05, 0.1) is 7.11 Å². The lowest BCUT2D eigenvalue weighted by molar-refractivity contribution is 0.414. The van der Waals surface area contributed by atoms with Crippen LogP contribution >= 0.6 is 11.3 Å². The van der Waals surface area contributed by atoms with Crippen LogP contribution in [0.15, 0.2) is 41.8 Å². The van der Waals surface area contributed by atoms with Crippen molar-refractivity contribution in [3.8, 4) is 5.75 Å². The number of benzene rings is 1. The van der Waals surface area contributed by atoms with Crippen LogP contribution in [0.3, 0.4) is 0 Å². The molecule has 0 amide bonds. The molecule has 2 aromatic rings. The van der Waals surface area contributed by atoms with Crippen molar-refractivity contribution in [2.24, 2.45) is 5.73 Å². The third kappa shape index (κ3) is 3.58. The van der Waals surface area contributed by atoms with Crippen LogP contribution in [0.1, 0.15) is 10.4 Å². The van der Waals surface area contributed by atoms with Gasteiger partial charge in [0.25, 0.3) is 0 Å². The Balaban J connectivity index is 1.95. The molecule has 90 valence electrons. The Hall–Kier alpha value is -1.32. The van der Waals surface area contributed by atoms with Crippen LogP contribution in [0.2, 0.25) is 0 Å². The van der Waals surface area contributed by atoms with Gasteiger partial charge in [-0.15, -0.1) is 11.3 Å². The number of rotatable bonds is 5. The number of methoxy groups -OCH3 is 1. The zero-order valence-corrected chi connectivity index (χ0v) is 10.7. The van der Waals surface area contributed by atoms with E-state index in [1.54, 1.807) is 18.4 Å². The molecule has 0 bridgehead atoms. The quantitative estimate of drug-likeness (QED) is 0.881. The minimum absolute atomic E-state index is 0.167. The second-order valence-electron chi connectivity index (χ2n) is 4.10. The van der Waals surface area contributed by atoms with E-state index in [0.29, 0.717) is 0 Å². The molecule has 0 saturated heterocycles. The van der Waals surface area contributed by atoms with Gasteiger partial charge < -0.3 is 10.5 Å². The first kappa shape index (κ1) is 12.1. The maximum absolute atomic E-state index is 6.15. The topological polar surface area (TPSA) is 35.2 Å². The van der Waals surface area contributed by atoms with E-state index >= 15 is 0 Å². The van der Waals surface area contributed by atoms with Crippen LogP contribution in [-0.2, 0) is 12.8 Å². The lowest BCUT2D eigenvalue weighted by Crippen LogP contribution is -2.25. The molecule has 0 spiro atoms. The van der Waals surface area contributed by atoms with Crippen molar-refractivity contribution in [1.82, 2.24) is 0 Å². The summed E-state index contributed by atoms with van der Waals surface area (Å²) < 4.78 is 5.20. The van der Waals surface area contributed by atoms with Gasteiger partial charge in [0.2, 0.25) is 0 Å². The van der Waals surface area contributed by atoms with Crippen molar-refractivity contribution in [3.63, 3.8) is 0 Å². The van der Waals surface area contributed by atoms with Crippen LogP contribution in [0.4, 0.5) is 0 Å². The van der Waals surface area contributed by atoms with Gasteiger partial charge in [-0.05, 0) is 42.0 Å². The SMILES string of the molecule is COc1cccc(CC(N)Cc2cccs2)c1.